The maximum Gasteiger partial charge on any atom is 0.324 e. The molecule has 0 aliphatic carbocycles. The lowest BCUT2D eigenvalue weighted by Gasteiger charge is -2.16. The van der Waals surface area contributed by atoms with Crippen molar-refractivity contribution >= 4 is 34.3 Å². The molecule has 0 saturated heterocycles. The summed E-state index contributed by atoms with van der Waals surface area (Å²) in [5.74, 6) is 0.0612. The van der Waals surface area contributed by atoms with E-state index in [0.29, 0.717) is 23.8 Å². The number of rotatable bonds is 6. The van der Waals surface area contributed by atoms with E-state index in [1.54, 1.807) is 23.0 Å². The van der Waals surface area contributed by atoms with Crippen molar-refractivity contribution in [1.82, 2.24) is 25.4 Å². The number of hydrogen-bond acceptors (Lipinski definition) is 6. The number of anilines is 2. The average Bonchev–Trinajstić information content (AvgIpc) is 3.38. The van der Waals surface area contributed by atoms with Crippen LogP contribution in [0.5, 0.6) is 5.75 Å². The zero-order chi connectivity index (χ0) is 29.1. The number of urea groups is 1. The molecule has 10 nitrogen and oxygen atoms in total. The smallest absolute Gasteiger partial charge is 0.324 e. The molecule has 0 atom stereocenters. The molecule has 41 heavy (non-hydrogen) atoms. The van der Waals surface area contributed by atoms with Crippen LogP contribution in [0.15, 0.2) is 84.4 Å². The Bertz CT molecular complexity index is 1700. The van der Waals surface area contributed by atoms with Gasteiger partial charge in [0.2, 0.25) is 0 Å². The number of nitrogens with zero attached hydrogens (tertiary/aromatic N) is 3. The van der Waals surface area contributed by atoms with Crippen LogP contribution < -0.4 is 26.0 Å². The fourth-order valence-corrected chi connectivity index (χ4v) is 4.16. The second kappa shape index (κ2) is 11.1. The number of halogens is 1. The van der Waals surface area contributed by atoms with E-state index in [4.69, 9.17) is 9.84 Å². The third-order valence-electron chi connectivity index (χ3n) is 6.33. The van der Waals surface area contributed by atoms with Crippen LogP contribution in [0.4, 0.5) is 20.7 Å². The fraction of sp³-hybridized carbons (Fsp3) is 0.200. The van der Waals surface area contributed by atoms with Gasteiger partial charge >= 0.3 is 6.03 Å². The Kier molecular flexibility index (Phi) is 7.43. The highest BCUT2D eigenvalue weighted by atomic mass is 19.1. The lowest BCUT2D eigenvalue weighted by atomic mass is 9.92. The molecule has 210 valence electrons. The Balaban J connectivity index is 1.33. The number of carbonyl (C=O) groups excluding carboxylic acids is 2. The van der Waals surface area contributed by atoms with Crippen molar-refractivity contribution in [3.63, 3.8) is 0 Å². The molecular weight excluding hydrogens is 525 g/mol. The van der Waals surface area contributed by atoms with E-state index in [9.17, 15) is 14.0 Å². The summed E-state index contributed by atoms with van der Waals surface area (Å²) in [6, 6.07) is 14.8. The minimum atomic E-state index is -0.686. The quantitative estimate of drug-likeness (QED) is 0.266. The van der Waals surface area contributed by atoms with Gasteiger partial charge in [0.05, 0.1) is 22.6 Å². The van der Waals surface area contributed by atoms with Gasteiger partial charge in [0.15, 0.2) is 0 Å². The number of pyridine rings is 1. The molecule has 0 unspecified atom stereocenters. The van der Waals surface area contributed by atoms with Crippen LogP contribution in [0.2, 0.25) is 0 Å². The topological polar surface area (TPSA) is 122 Å². The molecule has 2 aromatic heterocycles. The number of benzene rings is 2. The minimum Gasteiger partial charge on any atom is -0.457 e. The van der Waals surface area contributed by atoms with E-state index >= 15 is 0 Å². The molecule has 3 heterocycles. The summed E-state index contributed by atoms with van der Waals surface area (Å²) in [5.41, 5.74) is 2.38. The number of dihydropyridines is 1. The number of ether oxygens (including phenoxy) is 1. The Morgan fingerprint density at radius 3 is 2.66 bits per heavy atom. The normalized spacial score (nSPS) is 13.1. The van der Waals surface area contributed by atoms with Gasteiger partial charge in [0.25, 0.3) is 5.91 Å². The van der Waals surface area contributed by atoms with Crippen molar-refractivity contribution in [3.8, 4) is 11.4 Å². The van der Waals surface area contributed by atoms with Crippen LogP contribution in [-0.2, 0) is 10.2 Å². The van der Waals surface area contributed by atoms with Crippen LogP contribution in [0.25, 0.3) is 16.6 Å². The van der Waals surface area contributed by atoms with Crippen LogP contribution in [0, 0.1) is 5.82 Å². The molecule has 1 aliphatic heterocycles. The fourth-order valence-electron chi connectivity index (χ4n) is 4.16. The lowest BCUT2D eigenvalue weighted by molar-refractivity contribution is -0.117. The highest BCUT2D eigenvalue weighted by molar-refractivity contribution is 5.99. The summed E-state index contributed by atoms with van der Waals surface area (Å²) in [7, 11) is 1.53. The van der Waals surface area contributed by atoms with Gasteiger partial charge in [-0.1, -0.05) is 26.8 Å². The second-order valence-electron chi connectivity index (χ2n) is 10.4. The van der Waals surface area contributed by atoms with Crippen molar-refractivity contribution < 1.29 is 18.7 Å². The third-order valence-corrected chi connectivity index (χ3v) is 6.33. The molecule has 2 aromatic carbocycles. The monoisotopic (exact) mass is 555 g/mol. The van der Waals surface area contributed by atoms with E-state index in [-0.39, 0.29) is 22.8 Å². The van der Waals surface area contributed by atoms with Crippen LogP contribution in [0.3, 0.4) is 0 Å². The lowest BCUT2D eigenvalue weighted by Crippen LogP contribution is -2.31. The first kappa shape index (κ1) is 27.4. The number of likely N-dealkylation sites (N-methyl/N-ethyl adjacent to an activating group) is 1. The van der Waals surface area contributed by atoms with E-state index in [0.717, 1.165) is 28.4 Å². The molecular formula is C30H30FN7O3. The maximum atomic E-state index is 15.0. The van der Waals surface area contributed by atoms with Gasteiger partial charge in [0, 0.05) is 48.8 Å². The molecule has 0 spiro atoms. The predicted molar refractivity (Wildman–Crippen MR) is 155 cm³/mol. The van der Waals surface area contributed by atoms with E-state index < -0.39 is 11.8 Å². The molecule has 0 saturated carbocycles. The zero-order valence-corrected chi connectivity index (χ0v) is 23.1. The SMILES string of the molecule is CNC(=O)C1=CC(Oc2ccc(NC(=O)Nc3cc(C(C)(C)C)nn3-c3ccc4ncccc4c3)c(F)c2)=CCN1. The largest absolute Gasteiger partial charge is 0.457 e. The summed E-state index contributed by atoms with van der Waals surface area (Å²) < 4.78 is 22.3. The Hall–Kier alpha value is -5.19. The van der Waals surface area contributed by atoms with E-state index in [1.807, 2.05) is 51.1 Å². The average molecular weight is 556 g/mol. The molecule has 4 aromatic rings. The molecule has 0 bridgehead atoms. The molecule has 11 heteroatoms. The maximum absolute atomic E-state index is 15.0. The number of fused-ring (bicyclic) bond motifs is 1. The summed E-state index contributed by atoms with van der Waals surface area (Å²) in [6.45, 7) is 6.48. The van der Waals surface area contributed by atoms with Crippen LogP contribution >= 0.6 is 0 Å². The molecule has 4 N–H and O–H groups in total. The van der Waals surface area contributed by atoms with Gasteiger partial charge in [-0.2, -0.15) is 5.10 Å². The minimum absolute atomic E-state index is 0.0328. The van der Waals surface area contributed by atoms with Crippen LogP contribution in [0.1, 0.15) is 26.5 Å². The van der Waals surface area contributed by atoms with Crippen LogP contribution in [-0.4, -0.2) is 40.3 Å². The standard InChI is InChI=1S/C30H30FN7O3/c1-30(2,3)26-17-27(38(37-26)19-7-9-23-18(14-19)6-5-12-33-23)36-29(40)35-24-10-8-20(15-22(24)31)41-21-11-13-34-25(16-21)28(39)32-4/h5-12,14-17,34H,13H2,1-4H3,(H,32,39)(H2,35,36,40). The van der Waals surface area contributed by atoms with Crippen molar-refractivity contribution in [3.05, 3.63) is 95.9 Å². The first-order valence-electron chi connectivity index (χ1n) is 13.0. The van der Waals surface area contributed by atoms with Crippen molar-refractivity contribution in [2.24, 2.45) is 0 Å². The Morgan fingerprint density at radius 2 is 1.90 bits per heavy atom. The first-order valence-corrected chi connectivity index (χ1v) is 13.0. The number of hydrogen-bond donors (Lipinski definition) is 4. The molecule has 1 aliphatic rings. The molecule has 0 radical (unpaired) electrons. The third kappa shape index (κ3) is 6.19. The molecule has 0 fully saturated rings. The first-order chi connectivity index (χ1) is 19.6. The molecule has 5 rings (SSSR count). The van der Waals surface area contributed by atoms with Crippen molar-refractivity contribution in [1.29, 1.82) is 0 Å². The number of aromatic nitrogens is 3. The summed E-state index contributed by atoms with van der Waals surface area (Å²) in [4.78, 5) is 29.2. The van der Waals surface area contributed by atoms with Crippen molar-refractivity contribution in [2.75, 3.05) is 24.2 Å². The van der Waals surface area contributed by atoms with Crippen molar-refractivity contribution in [2.45, 2.75) is 26.2 Å². The number of nitrogens with one attached hydrogen (secondary N) is 4. The summed E-state index contributed by atoms with van der Waals surface area (Å²) >= 11 is 0. The Labute approximate surface area is 236 Å². The van der Waals surface area contributed by atoms with Gasteiger partial charge in [0.1, 0.15) is 28.8 Å². The van der Waals surface area contributed by atoms with E-state index in [2.05, 4.69) is 26.3 Å². The van der Waals surface area contributed by atoms with Gasteiger partial charge in [-0.25, -0.2) is 13.9 Å². The zero-order valence-electron chi connectivity index (χ0n) is 23.1. The van der Waals surface area contributed by atoms with Gasteiger partial charge in [-0.3, -0.25) is 15.1 Å². The number of amides is 3. The number of allylic oxidation sites excluding steroid dienone is 1. The highest BCUT2D eigenvalue weighted by Crippen LogP contribution is 2.28. The number of carbonyl (C=O) groups is 2. The summed E-state index contributed by atoms with van der Waals surface area (Å²) in [5, 5.41) is 16.5. The van der Waals surface area contributed by atoms with Gasteiger partial charge in [-0.15, -0.1) is 0 Å². The summed E-state index contributed by atoms with van der Waals surface area (Å²) in [6.07, 6.45) is 4.99. The predicted octanol–water partition coefficient (Wildman–Crippen LogP) is 5.00. The molecule has 3 amide bonds. The van der Waals surface area contributed by atoms with Gasteiger partial charge < -0.3 is 20.7 Å². The van der Waals surface area contributed by atoms with E-state index in [1.165, 1.54) is 25.3 Å². The highest BCUT2D eigenvalue weighted by Gasteiger charge is 2.22. The van der Waals surface area contributed by atoms with Gasteiger partial charge in [-0.05, 0) is 42.5 Å². The Morgan fingerprint density at radius 1 is 1.07 bits per heavy atom. The second-order valence-corrected chi connectivity index (χ2v) is 10.4.